The van der Waals surface area contributed by atoms with Crippen molar-refractivity contribution in [1.82, 2.24) is 0 Å². The van der Waals surface area contributed by atoms with E-state index in [4.69, 9.17) is 4.74 Å². The molecule has 0 saturated heterocycles. The molecule has 76 valence electrons. The molecule has 2 aliphatic carbocycles. The zero-order valence-electron chi connectivity index (χ0n) is 8.80. The van der Waals surface area contributed by atoms with Gasteiger partial charge in [-0.1, -0.05) is 32.1 Å². The fraction of sp³-hybridized carbons (Fsp3) is 1.00. The molecule has 0 aromatic rings. The third kappa shape index (κ3) is 2.70. The summed E-state index contributed by atoms with van der Waals surface area (Å²) in [6.45, 7) is 3.02. The van der Waals surface area contributed by atoms with Crippen LogP contribution in [0, 0.1) is 11.8 Å². The van der Waals surface area contributed by atoms with Gasteiger partial charge in [-0.15, -0.1) is 0 Å². The van der Waals surface area contributed by atoms with Crippen LogP contribution in [0.25, 0.3) is 0 Å². The summed E-state index contributed by atoms with van der Waals surface area (Å²) in [6, 6.07) is 0. The van der Waals surface area contributed by atoms with Crippen molar-refractivity contribution in [3.63, 3.8) is 0 Å². The van der Waals surface area contributed by atoms with E-state index < -0.39 is 0 Å². The molecule has 0 spiro atoms. The van der Waals surface area contributed by atoms with Gasteiger partial charge in [-0.05, 0) is 31.6 Å². The second kappa shape index (κ2) is 4.45. The molecule has 0 N–H and O–H groups in total. The fourth-order valence-corrected chi connectivity index (χ4v) is 2.74. The van der Waals surface area contributed by atoms with E-state index in [9.17, 15) is 0 Å². The monoisotopic (exact) mass is 182 g/mol. The molecular weight excluding hydrogens is 160 g/mol. The Hall–Kier alpha value is -0.0400. The lowest BCUT2D eigenvalue weighted by Crippen LogP contribution is -2.08. The van der Waals surface area contributed by atoms with Crippen molar-refractivity contribution in [3.05, 3.63) is 0 Å². The maximum Gasteiger partial charge on any atom is 0.0607 e. The molecule has 1 heteroatoms. The highest BCUT2D eigenvalue weighted by Gasteiger charge is 2.39. The lowest BCUT2D eigenvalue weighted by molar-refractivity contribution is 0.116. The molecular formula is C12H22O. The van der Waals surface area contributed by atoms with Crippen molar-refractivity contribution >= 4 is 0 Å². The van der Waals surface area contributed by atoms with Crippen LogP contribution in [0.2, 0.25) is 0 Å². The average Bonchev–Trinajstić information content (AvgIpc) is 2.86. The van der Waals surface area contributed by atoms with Crippen LogP contribution in [0.15, 0.2) is 0 Å². The molecule has 0 bridgehead atoms. The van der Waals surface area contributed by atoms with Gasteiger partial charge in [0.15, 0.2) is 0 Å². The van der Waals surface area contributed by atoms with Gasteiger partial charge in [-0.25, -0.2) is 0 Å². The van der Waals surface area contributed by atoms with E-state index in [1.54, 1.807) is 0 Å². The lowest BCUT2D eigenvalue weighted by atomic mass is 9.85. The molecule has 2 aliphatic rings. The molecule has 0 radical (unpaired) electrons. The van der Waals surface area contributed by atoms with Crippen molar-refractivity contribution in [3.8, 4) is 0 Å². The largest absolute Gasteiger partial charge is 0.378 e. The SMILES string of the molecule is CCOC1CC1CC1CCCCC1. The Kier molecular flexibility index (Phi) is 3.26. The van der Waals surface area contributed by atoms with E-state index in [1.165, 1.54) is 44.9 Å². The number of hydrogen-bond acceptors (Lipinski definition) is 1. The maximum atomic E-state index is 5.61. The quantitative estimate of drug-likeness (QED) is 0.647. The topological polar surface area (TPSA) is 9.23 Å². The molecule has 2 unspecified atom stereocenters. The van der Waals surface area contributed by atoms with Crippen LogP contribution in [-0.4, -0.2) is 12.7 Å². The summed E-state index contributed by atoms with van der Waals surface area (Å²) in [5.41, 5.74) is 0. The van der Waals surface area contributed by atoms with E-state index in [2.05, 4.69) is 6.92 Å². The summed E-state index contributed by atoms with van der Waals surface area (Å²) in [4.78, 5) is 0. The van der Waals surface area contributed by atoms with E-state index in [0.717, 1.165) is 18.4 Å². The Balaban J connectivity index is 1.62. The Morgan fingerprint density at radius 1 is 1.15 bits per heavy atom. The van der Waals surface area contributed by atoms with E-state index >= 15 is 0 Å². The first-order valence-electron chi connectivity index (χ1n) is 6.01. The van der Waals surface area contributed by atoms with Gasteiger partial charge in [0.2, 0.25) is 0 Å². The molecule has 0 aliphatic heterocycles. The zero-order chi connectivity index (χ0) is 9.10. The van der Waals surface area contributed by atoms with Gasteiger partial charge in [0.25, 0.3) is 0 Å². The first-order chi connectivity index (χ1) is 6.40. The van der Waals surface area contributed by atoms with Crippen LogP contribution in [-0.2, 0) is 4.74 Å². The smallest absolute Gasteiger partial charge is 0.0607 e. The summed E-state index contributed by atoms with van der Waals surface area (Å²) >= 11 is 0. The highest BCUT2D eigenvalue weighted by atomic mass is 16.5. The highest BCUT2D eigenvalue weighted by Crippen LogP contribution is 2.42. The van der Waals surface area contributed by atoms with Gasteiger partial charge >= 0.3 is 0 Å². The van der Waals surface area contributed by atoms with Gasteiger partial charge in [0, 0.05) is 6.61 Å². The summed E-state index contributed by atoms with van der Waals surface area (Å²) in [7, 11) is 0. The van der Waals surface area contributed by atoms with Crippen molar-refractivity contribution in [2.24, 2.45) is 11.8 Å². The summed E-state index contributed by atoms with van der Waals surface area (Å²) in [5.74, 6) is 1.98. The number of ether oxygens (including phenoxy) is 1. The third-order valence-electron chi connectivity index (χ3n) is 3.60. The number of hydrogen-bond donors (Lipinski definition) is 0. The minimum absolute atomic E-state index is 0.645. The normalized spacial score (nSPS) is 34.8. The first kappa shape index (κ1) is 9.51. The molecule has 1 nitrogen and oxygen atoms in total. The molecule has 0 amide bonds. The standard InChI is InChI=1S/C12H22O/c1-2-13-12-9-11(12)8-10-6-4-3-5-7-10/h10-12H,2-9H2,1H3. The van der Waals surface area contributed by atoms with Gasteiger partial charge < -0.3 is 4.74 Å². The Bertz CT molecular complexity index is 149. The lowest BCUT2D eigenvalue weighted by Gasteiger charge is -2.21. The van der Waals surface area contributed by atoms with Crippen LogP contribution in [0.4, 0.5) is 0 Å². The van der Waals surface area contributed by atoms with Crippen LogP contribution in [0.3, 0.4) is 0 Å². The van der Waals surface area contributed by atoms with E-state index in [0.29, 0.717) is 6.10 Å². The summed E-state index contributed by atoms with van der Waals surface area (Å²) in [5, 5.41) is 0. The molecule has 2 saturated carbocycles. The number of rotatable bonds is 4. The fourth-order valence-electron chi connectivity index (χ4n) is 2.74. The Morgan fingerprint density at radius 3 is 2.62 bits per heavy atom. The second-order valence-electron chi connectivity index (χ2n) is 4.73. The Labute approximate surface area is 81.9 Å². The maximum absolute atomic E-state index is 5.61. The van der Waals surface area contributed by atoms with Crippen molar-refractivity contribution in [2.45, 2.75) is 58.0 Å². The van der Waals surface area contributed by atoms with Gasteiger partial charge in [-0.2, -0.15) is 0 Å². The van der Waals surface area contributed by atoms with Gasteiger partial charge in [0.1, 0.15) is 0 Å². The average molecular weight is 182 g/mol. The molecule has 2 fully saturated rings. The highest BCUT2D eigenvalue weighted by molar-refractivity contribution is 4.89. The van der Waals surface area contributed by atoms with Crippen molar-refractivity contribution in [2.75, 3.05) is 6.61 Å². The van der Waals surface area contributed by atoms with Crippen LogP contribution in [0.1, 0.15) is 51.9 Å². The minimum atomic E-state index is 0.645. The summed E-state index contributed by atoms with van der Waals surface area (Å²) in [6.07, 6.45) is 10.9. The van der Waals surface area contributed by atoms with E-state index in [-0.39, 0.29) is 0 Å². The predicted octanol–water partition coefficient (Wildman–Crippen LogP) is 3.38. The van der Waals surface area contributed by atoms with E-state index in [1.807, 2.05) is 0 Å². The third-order valence-corrected chi connectivity index (χ3v) is 3.60. The van der Waals surface area contributed by atoms with Gasteiger partial charge in [-0.3, -0.25) is 0 Å². The predicted molar refractivity (Wildman–Crippen MR) is 54.7 cm³/mol. The first-order valence-corrected chi connectivity index (χ1v) is 6.01. The molecule has 2 atom stereocenters. The Morgan fingerprint density at radius 2 is 1.92 bits per heavy atom. The van der Waals surface area contributed by atoms with Crippen LogP contribution >= 0.6 is 0 Å². The zero-order valence-corrected chi connectivity index (χ0v) is 8.80. The van der Waals surface area contributed by atoms with Gasteiger partial charge in [0.05, 0.1) is 6.10 Å². The molecule has 2 rings (SSSR count). The van der Waals surface area contributed by atoms with Crippen LogP contribution < -0.4 is 0 Å². The van der Waals surface area contributed by atoms with Crippen LogP contribution in [0.5, 0.6) is 0 Å². The molecule has 0 heterocycles. The van der Waals surface area contributed by atoms with Crippen molar-refractivity contribution < 1.29 is 4.74 Å². The van der Waals surface area contributed by atoms with Crippen molar-refractivity contribution in [1.29, 1.82) is 0 Å². The molecule has 0 aromatic heterocycles. The molecule has 13 heavy (non-hydrogen) atoms. The summed E-state index contributed by atoms with van der Waals surface area (Å²) < 4.78 is 5.61. The second-order valence-corrected chi connectivity index (χ2v) is 4.73. The minimum Gasteiger partial charge on any atom is -0.378 e. The molecule has 0 aromatic carbocycles.